The molecule has 7 heteroatoms. The Morgan fingerprint density at radius 1 is 1.02 bits per heavy atom. The van der Waals surface area contributed by atoms with Crippen molar-refractivity contribution in [3.05, 3.63) is 106 Å². The average molecular weight is 572 g/mol. The summed E-state index contributed by atoms with van der Waals surface area (Å²) in [7, 11) is 1.87. The number of hydrogen-bond donors (Lipinski definition) is 1. The highest BCUT2D eigenvalue weighted by Crippen LogP contribution is 2.35. The lowest BCUT2D eigenvalue weighted by atomic mass is 9.82. The number of carbonyl (C=O) groups excluding carboxylic acids is 2. The van der Waals surface area contributed by atoms with Crippen LogP contribution in [0.25, 0.3) is 5.57 Å². The van der Waals surface area contributed by atoms with E-state index in [-0.39, 0.29) is 30.0 Å². The molecule has 5 rings (SSSR count). The van der Waals surface area contributed by atoms with E-state index in [4.69, 9.17) is 16.3 Å². The molecule has 0 saturated carbocycles. The van der Waals surface area contributed by atoms with Gasteiger partial charge in [-0.2, -0.15) is 0 Å². The fraction of sp³-hybridized carbons (Fsp3) is 0.353. The fourth-order valence-electron chi connectivity index (χ4n) is 5.89. The van der Waals surface area contributed by atoms with Crippen molar-refractivity contribution >= 4 is 29.0 Å². The molecule has 3 unspecified atom stereocenters. The molecule has 214 valence electrons. The number of likely N-dealkylation sites (N-methyl/N-ethyl adjacent to an activating group) is 1. The zero-order chi connectivity index (χ0) is 28.9. The molecule has 0 aromatic heterocycles. The molecule has 2 aliphatic rings. The number of carbonyl (C=O) groups is 2. The van der Waals surface area contributed by atoms with Crippen molar-refractivity contribution in [2.75, 3.05) is 26.7 Å². The second kappa shape index (κ2) is 12.9. The lowest BCUT2D eigenvalue weighted by Crippen LogP contribution is -2.61. The summed E-state index contributed by atoms with van der Waals surface area (Å²) in [5.74, 6) is 0.731. The zero-order valence-electron chi connectivity index (χ0n) is 24.0. The molecule has 0 radical (unpaired) electrons. The summed E-state index contributed by atoms with van der Waals surface area (Å²) in [5, 5.41) is 4.24. The van der Waals surface area contributed by atoms with Gasteiger partial charge in [0, 0.05) is 51.6 Å². The summed E-state index contributed by atoms with van der Waals surface area (Å²) >= 11 is 6.31. The van der Waals surface area contributed by atoms with Crippen molar-refractivity contribution in [3.63, 3.8) is 0 Å². The zero-order valence-corrected chi connectivity index (χ0v) is 24.7. The Balaban J connectivity index is 1.41. The van der Waals surface area contributed by atoms with Crippen LogP contribution in [-0.2, 0) is 22.4 Å². The van der Waals surface area contributed by atoms with Crippen molar-refractivity contribution in [1.82, 2.24) is 15.1 Å². The topological polar surface area (TPSA) is 61.9 Å². The number of ether oxygens (including phenoxy) is 1. The third-order valence-corrected chi connectivity index (χ3v) is 8.28. The number of amides is 2. The number of fused-ring (bicyclic) bond motifs is 2. The monoisotopic (exact) mass is 571 g/mol. The maximum atomic E-state index is 14.1. The first-order chi connectivity index (χ1) is 19.8. The number of para-hydroxylation sites is 1. The van der Waals surface area contributed by atoms with E-state index in [2.05, 4.69) is 41.7 Å². The molecule has 3 atom stereocenters. The van der Waals surface area contributed by atoms with Gasteiger partial charge in [0.05, 0.1) is 17.2 Å². The number of nitrogens with one attached hydrogen (secondary N) is 1. The minimum Gasteiger partial charge on any atom is -0.489 e. The van der Waals surface area contributed by atoms with Crippen molar-refractivity contribution in [2.45, 2.75) is 51.3 Å². The summed E-state index contributed by atoms with van der Waals surface area (Å²) in [6.45, 7) is 5.39. The maximum Gasteiger partial charge on any atom is 0.251 e. The van der Waals surface area contributed by atoms with Gasteiger partial charge in [-0.05, 0) is 54.2 Å². The summed E-state index contributed by atoms with van der Waals surface area (Å²) in [4.78, 5) is 30.1. The first-order valence-electron chi connectivity index (χ1n) is 14.3. The Bertz CT molecular complexity index is 1420. The molecule has 0 spiro atoms. The Hall–Kier alpha value is -3.61. The van der Waals surface area contributed by atoms with Crippen molar-refractivity contribution < 1.29 is 14.3 Å². The van der Waals surface area contributed by atoms with Gasteiger partial charge in [0.25, 0.3) is 5.91 Å². The lowest BCUT2D eigenvalue weighted by molar-refractivity contribution is -0.132. The van der Waals surface area contributed by atoms with Gasteiger partial charge in [-0.15, -0.1) is 0 Å². The molecule has 1 fully saturated rings. The van der Waals surface area contributed by atoms with Crippen LogP contribution in [0, 0.1) is 0 Å². The van der Waals surface area contributed by atoms with Crippen molar-refractivity contribution in [3.8, 4) is 5.75 Å². The van der Waals surface area contributed by atoms with Gasteiger partial charge in [0.2, 0.25) is 5.91 Å². The number of piperazine rings is 1. The Morgan fingerprint density at radius 2 is 1.76 bits per heavy atom. The highest BCUT2D eigenvalue weighted by Gasteiger charge is 2.39. The predicted octanol–water partition coefficient (Wildman–Crippen LogP) is 5.40. The fourth-order valence-corrected chi connectivity index (χ4v) is 6.07. The van der Waals surface area contributed by atoms with E-state index in [1.165, 1.54) is 5.56 Å². The van der Waals surface area contributed by atoms with Gasteiger partial charge < -0.3 is 19.9 Å². The van der Waals surface area contributed by atoms with Crippen LogP contribution < -0.4 is 10.1 Å². The minimum atomic E-state index is -0.209. The van der Waals surface area contributed by atoms with E-state index in [0.717, 1.165) is 28.7 Å². The summed E-state index contributed by atoms with van der Waals surface area (Å²) in [6, 6.07) is 26.1. The molecular weight excluding hydrogens is 534 g/mol. The average Bonchev–Trinajstić information content (AvgIpc) is 2.97. The number of halogens is 1. The predicted molar refractivity (Wildman–Crippen MR) is 164 cm³/mol. The smallest absolute Gasteiger partial charge is 0.251 e. The minimum absolute atomic E-state index is 0.0121. The van der Waals surface area contributed by atoms with Crippen molar-refractivity contribution in [2.24, 2.45) is 0 Å². The number of nitrogens with zero attached hydrogens (tertiary/aromatic N) is 2. The number of rotatable bonds is 9. The number of hydrogen-bond acceptors (Lipinski definition) is 4. The summed E-state index contributed by atoms with van der Waals surface area (Å²) in [5.41, 5.74) is 5.22. The molecule has 2 aliphatic heterocycles. The highest BCUT2D eigenvalue weighted by atomic mass is 35.5. The largest absolute Gasteiger partial charge is 0.489 e. The van der Waals surface area contributed by atoms with Gasteiger partial charge in [0.1, 0.15) is 5.75 Å². The van der Waals surface area contributed by atoms with E-state index in [0.29, 0.717) is 43.2 Å². The van der Waals surface area contributed by atoms with Crippen molar-refractivity contribution in [1.29, 1.82) is 0 Å². The van der Waals surface area contributed by atoms with Gasteiger partial charge >= 0.3 is 0 Å². The molecule has 41 heavy (non-hydrogen) atoms. The first-order valence-corrected chi connectivity index (χ1v) is 14.7. The van der Waals surface area contributed by atoms with E-state index in [1.807, 2.05) is 66.2 Å². The Morgan fingerprint density at radius 3 is 2.51 bits per heavy atom. The molecule has 1 saturated heterocycles. The van der Waals surface area contributed by atoms with E-state index >= 15 is 0 Å². The lowest BCUT2D eigenvalue weighted by Gasteiger charge is -2.44. The van der Waals surface area contributed by atoms with Gasteiger partial charge in [-0.1, -0.05) is 78.3 Å². The van der Waals surface area contributed by atoms with Crippen LogP contribution in [0.15, 0.2) is 84.4 Å². The quantitative estimate of drug-likeness (QED) is 0.374. The van der Waals surface area contributed by atoms with Crippen LogP contribution >= 0.6 is 11.6 Å². The molecule has 2 amide bonds. The molecule has 2 heterocycles. The molecule has 1 N–H and O–H groups in total. The Kier molecular flexibility index (Phi) is 9.11. The normalized spacial score (nSPS) is 19.1. The number of benzene rings is 3. The first kappa shape index (κ1) is 28.9. The maximum absolute atomic E-state index is 14.1. The molecule has 3 aromatic carbocycles. The van der Waals surface area contributed by atoms with Gasteiger partial charge in [-0.3, -0.25) is 9.59 Å². The van der Waals surface area contributed by atoms with E-state index in [1.54, 1.807) is 6.92 Å². The van der Waals surface area contributed by atoms with E-state index in [9.17, 15) is 9.59 Å². The third kappa shape index (κ3) is 7.00. The van der Waals surface area contributed by atoms with E-state index < -0.39 is 0 Å². The molecule has 6 nitrogen and oxygen atoms in total. The SMILES string of the molecule is CC(=O)N1CC2CC(c3cccc(CC(C)Oc4ccccc4Cl)c3)=C(C(=O)N(C)CCc3ccccc3)C(C1)N2. The standard InChI is InChI=1S/C34H38ClN3O3/c1-23(41-32-15-8-7-14-30(32)35)18-26-12-9-13-27(19-26)29-20-28-21-38(24(2)39)22-31(36-28)33(29)34(40)37(3)17-16-25-10-5-4-6-11-25/h4-15,19,23,28,31,36H,16-18,20-22H2,1-3H3. The van der Waals surface area contributed by atoms with Crippen LogP contribution in [0.5, 0.6) is 5.75 Å². The van der Waals surface area contributed by atoms with Gasteiger partial charge in [0.15, 0.2) is 0 Å². The van der Waals surface area contributed by atoms with Crippen LogP contribution in [0.2, 0.25) is 5.02 Å². The Labute approximate surface area is 247 Å². The third-order valence-electron chi connectivity index (χ3n) is 7.97. The van der Waals surface area contributed by atoms with Crippen LogP contribution in [-0.4, -0.2) is 66.5 Å². The van der Waals surface area contributed by atoms with Crippen LogP contribution in [0.4, 0.5) is 0 Å². The highest BCUT2D eigenvalue weighted by molar-refractivity contribution is 6.32. The molecule has 2 bridgehead atoms. The summed E-state index contributed by atoms with van der Waals surface area (Å²) < 4.78 is 6.13. The van der Waals surface area contributed by atoms with Gasteiger partial charge in [-0.25, -0.2) is 0 Å². The molecule has 0 aliphatic carbocycles. The van der Waals surface area contributed by atoms with Crippen LogP contribution in [0.1, 0.15) is 37.0 Å². The second-order valence-corrected chi connectivity index (χ2v) is 11.6. The molecular formula is C34H38ClN3O3. The van der Waals surface area contributed by atoms with Crippen LogP contribution in [0.3, 0.4) is 0 Å². The summed E-state index contributed by atoms with van der Waals surface area (Å²) in [6.07, 6.45) is 2.09. The second-order valence-electron chi connectivity index (χ2n) is 11.2. The molecule has 3 aromatic rings.